The zero-order chi connectivity index (χ0) is 22.9. The number of hydrogen-bond acceptors (Lipinski definition) is 4. The zero-order valence-corrected chi connectivity index (χ0v) is 20.1. The van der Waals surface area contributed by atoms with Crippen LogP contribution in [0.4, 0.5) is 5.69 Å². The van der Waals surface area contributed by atoms with E-state index in [2.05, 4.69) is 31.5 Å². The Morgan fingerprint density at radius 2 is 1.73 bits per heavy atom. The van der Waals surface area contributed by atoms with E-state index in [1.165, 1.54) is 0 Å². The van der Waals surface area contributed by atoms with Gasteiger partial charge in [0.15, 0.2) is 10.7 Å². The van der Waals surface area contributed by atoms with Crippen molar-refractivity contribution in [2.45, 2.75) is 0 Å². The maximum atomic E-state index is 12.9. The molecule has 0 bridgehead atoms. The Bertz CT molecular complexity index is 1530. The summed E-state index contributed by atoms with van der Waals surface area (Å²) in [7, 11) is 0. The van der Waals surface area contributed by atoms with Gasteiger partial charge in [-0.25, -0.2) is 4.98 Å². The summed E-state index contributed by atoms with van der Waals surface area (Å²) in [6.45, 7) is 0. The van der Waals surface area contributed by atoms with Crippen molar-refractivity contribution in [1.29, 1.82) is 0 Å². The highest BCUT2D eigenvalue weighted by Gasteiger charge is 2.14. The van der Waals surface area contributed by atoms with Crippen LogP contribution in [-0.2, 0) is 0 Å². The summed E-state index contributed by atoms with van der Waals surface area (Å²) in [5.41, 5.74) is 3.38. The Kier molecular flexibility index (Phi) is 5.85. The standard InChI is InChI=1S/C25H15BrClN3O2S/c26-15-9-7-14(8-10-15)24-29-21-13-16(11-12-22(21)32-24)28-25(33)30-23(31)19-5-1-4-18-17(19)3-2-6-20(18)27/h1-13H,(H2,28,30,31,33). The summed E-state index contributed by atoms with van der Waals surface area (Å²) >= 11 is 15.0. The molecule has 8 heteroatoms. The van der Waals surface area contributed by atoms with E-state index in [4.69, 9.17) is 28.2 Å². The van der Waals surface area contributed by atoms with Crippen LogP contribution in [0, 0.1) is 0 Å². The predicted octanol–water partition coefficient (Wildman–Crippen LogP) is 7.19. The van der Waals surface area contributed by atoms with Crippen LogP contribution in [0.5, 0.6) is 0 Å². The van der Waals surface area contributed by atoms with Crippen molar-refractivity contribution >= 4 is 78.3 Å². The SMILES string of the molecule is O=C(NC(=S)Nc1ccc2oc(-c3ccc(Br)cc3)nc2c1)c1cccc2c(Cl)cccc12. The minimum atomic E-state index is -0.319. The van der Waals surface area contributed by atoms with Gasteiger partial charge in [0.05, 0.1) is 0 Å². The summed E-state index contributed by atoms with van der Waals surface area (Å²) < 4.78 is 6.84. The molecular formula is C25H15BrClN3O2S. The fourth-order valence-electron chi connectivity index (χ4n) is 3.52. The van der Waals surface area contributed by atoms with Crippen molar-refractivity contribution < 1.29 is 9.21 Å². The molecule has 0 fully saturated rings. The van der Waals surface area contributed by atoms with Gasteiger partial charge in [-0.05, 0) is 72.2 Å². The molecule has 5 aromatic rings. The van der Waals surface area contributed by atoms with Crippen LogP contribution in [0.15, 0.2) is 87.8 Å². The number of anilines is 1. The highest BCUT2D eigenvalue weighted by Crippen LogP contribution is 2.28. The second-order valence-electron chi connectivity index (χ2n) is 7.26. The van der Waals surface area contributed by atoms with E-state index in [0.717, 1.165) is 20.8 Å². The Hall–Kier alpha value is -3.26. The number of carbonyl (C=O) groups excluding carboxylic acids is 1. The fraction of sp³-hybridized carbons (Fsp3) is 0. The van der Waals surface area contributed by atoms with Crippen LogP contribution < -0.4 is 10.6 Å². The van der Waals surface area contributed by atoms with Gasteiger partial charge < -0.3 is 9.73 Å². The Morgan fingerprint density at radius 1 is 0.970 bits per heavy atom. The lowest BCUT2D eigenvalue weighted by molar-refractivity contribution is 0.0979. The molecule has 0 radical (unpaired) electrons. The van der Waals surface area contributed by atoms with Gasteiger partial charge in [-0.3, -0.25) is 10.1 Å². The largest absolute Gasteiger partial charge is 0.436 e. The molecule has 0 saturated heterocycles. The van der Waals surface area contributed by atoms with Gasteiger partial charge in [-0.1, -0.05) is 51.8 Å². The number of oxazole rings is 1. The third-order valence-electron chi connectivity index (χ3n) is 5.08. The number of nitrogens with one attached hydrogen (secondary N) is 2. The molecule has 33 heavy (non-hydrogen) atoms. The first-order valence-electron chi connectivity index (χ1n) is 9.94. The molecule has 0 aliphatic carbocycles. The lowest BCUT2D eigenvalue weighted by Gasteiger charge is -2.11. The lowest BCUT2D eigenvalue weighted by Crippen LogP contribution is -2.34. The number of nitrogens with zero attached hydrogens (tertiary/aromatic N) is 1. The predicted molar refractivity (Wildman–Crippen MR) is 140 cm³/mol. The third kappa shape index (κ3) is 4.48. The number of carbonyl (C=O) groups is 1. The van der Waals surface area contributed by atoms with Crippen molar-refractivity contribution in [2.75, 3.05) is 5.32 Å². The highest BCUT2D eigenvalue weighted by molar-refractivity contribution is 9.10. The molecule has 5 nitrogen and oxygen atoms in total. The summed E-state index contributed by atoms with van der Waals surface area (Å²) in [4.78, 5) is 17.4. The second kappa shape index (κ2) is 8.94. The van der Waals surface area contributed by atoms with Gasteiger partial charge in [0, 0.05) is 31.7 Å². The smallest absolute Gasteiger partial charge is 0.258 e. The quantitative estimate of drug-likeness (QED) is 0.239. The highest BCUT2D eigenvalue weighted by atomic mass is 79.9. The van der Waals surface area contributed by atoms with Crippen molar-refractivity contribution in [1.82, 2.24) is 10.3 Å². The van der Waals surface area contributed by atoms with Gasteiger partial charge in [0.25, 0.3) is 5.91 Å². The van der Waals surface area contributed by atoms with Crippen LogP contribution >= 0.6 is 39.7 Å². The third-order valence-corrected chi connectivity index (χ3v) is 6.14. The first-order chi connectivity index (χ1) is 16.0. The van der Waals surface area contributed by atoms with Crippen LogP contribution in [0.2, 0.25) is 5.02 Å². The van der Waals surface area contributed by atoms with E-state index in [0.29, 0.717) is 33.3 Å². The van der Waals surface area contributed by atoms with Crippen molar-refractivity contribution in [3.05, 3.63) is 93.9 Å². The summed E-state index contributed by atoms with van der Waals surface area (Å²) in [5, 5.41) is 8.10. The number of fused-ring (bicyclic) bond motifs is 2. The van der Waals surface area contributed by atoms with Crippen LogP contribution in [0.3, 0.4) is 0 Å². The molecular weight excluding hydrogens is 522 g/mol. The summed E-state index contributed by atoms with van der Waals surface area (Å²) in [6.07, 6.45) is 0. The number of amides is 1. The molecule has 4 aromatic carbocycles. The topological polar surface area (TPSA) is 67.2 Å². The van der Waals surface area contributed by atoms with Gasteiger partial charge in [-0.15, -0.1) is 0 Å². The summed E-state index contributed by atoms with van der Waals surface area (Å²) in [5.74, 6) is 0.209. The molecule has 0 saturated carbocycles. The maximum Gasteiger partial charge on any atom is 0.258 e. The molecule has 2 N–H and O–H groups in total. The molecule has 0 unspecified atom stereocenters. The monoisotopic (exact) mass is 535 g/mol. The van der Waals surface area contributed by atoms with E-state index >= 15 is 0 Å². The maximum absolute atomic E-state index is 12.9. The Balaban J connectivity index is 1.33. The first kappa shape index (κ1) is 21.6. The number of halogens is 2. The van der Waals surface area contributed by atoms with Crippen LogP contribution in [-0.4, -0.2) is 16.0 Å². The molecule has 1 amide bonds. The van der Waals surface area contributed by atoms with Gasteiger partial charge in [0.2, 0.25) is 5.89 Å². The average Bonchev–Trinajstić information content (AvgIpc) is 3.23. The van der Waals surface area contributed by atoms with E-state index in [1.54, 1.807) is 18.2 Å². The van der Waals surface area contributed by atoms with Crippen LogP contribution in [0.25, 0.3) is 33.3 Å². The fourth-order valence-corrected chi connectivity index (χ4v) is 4.24. The minimum Gasteiger partial charge on any atom is -0.436 e. The number of hydrogen-bond donors (Lipinski definition) is 2. The van der Waals surface area contributed by atoms with E-state index in [1.807, 2.05) is 60.7 Å². The molecule has 162 valence electrons. The first-order valence-corrected chi connectivity index (χ1v) is 11.5. The zero-order valence-electron chi connectivity index (χ0n) is 16.9. The summed E-state index contributed by atoms with van der Waals surface area (Å²) in [6, 6.07) is 24.0. The average molecular weight is 537 g/mol. The van der Waals surface area contributed by atoms with E-state index < -0.39 is 0 Å². The Labute approximate surface area is 207 Å². The van der Waals surface area contributed by atoms with E-state index in [-0.39, 0.29) is 11.0 Å². The molecule has 5 rings (SSSR count). The molecule has 0 aliphatic rings. The van der Waals surface area contributed by atoms with Gasteiger partial charge in [-0.2, -0.15) is 0 Å². The number of benzene rings is 4. The lowest BCUT2D eigenvalue weighted by atomic mass is 10.0. The van der Waals surface area contributed by atoms with Crippen LogP contribution in [0.1, 0.15) is 10.4 Å². The molecule has 1 heterocycles. The number of thiocarbonyl (C=S) groups is 1. The van der Waals surface area contributed by atoms with Gasteiger partial charge in [0.1, 0.15) is 5.52 Å². The molecule has 1 aromatic heterocycles. The molecule has 0 spiro atoms. The second-order valence-corrected chi connectivity index (χ2v) is 8.99. The molecule has 0 atom stereocenters. The number of rotatable bonds is 3. The minimum absolute atomic E-state index is 0.176. The van der Waals surface area contributed by atoms with E-state index in [9.17, 15) is 4.79 Å². The van der Waals surface area contributed by atoms with Crippen molar-refractivity contribution in [3.63, 3.8) is 0 Å². The molecule has 0 aliphatic heterocycles. The van der Waals surface area contributed by atoms with Crippen molar-refractivity contribution in [3.8, 4) is 11.5 Å². The number of aromatic nitrogens is 1. The van der Waals surface area contributed by atoms with Gasteiger partial charge >= 0.3 is 0 Å². The van der Waals surface area contributed by atoms with Crippen molar-refractivity contribution in [2.24, 2.45) is 0 Å². The normalized spacial score (nSPS) is 11.0. The Morgan fingerprint density at radius 3 is 2.55 bits per heavy atom.